The molecule has 1 saturated heterocycles. The molecule has 9 nitrogen and oxygen atoms in total. The number of carbonyl (C=O) groups is 1. The zero-order valence-corrected chi connectivity index (χ0v) is 12.8. The number of methoxy groups -OCH3 is 1. The summed E-state index contributed by atoms with van der Waals surface area (Å²) >= 11 is 0. The highest BCUT2D eigenvalue weighted by atomic mass is 16.5. The number of amides is 2. The first-order valence-corrected chi connectivity index (χ1v) is 7.15. The molecule has 2 amide bonds. The molecule has 0 aromatic carbocycles. The molecule has 2 aromatic rings. The van der Waals surface area contributed by atoms with E-state index in [-0.39, 0.29) is 18.2 Å². The maximum atomic E-state index is 12.0. The van der Waals surface area contributed by atoms with Gasteiger partial charge in [0.05, 0.1) is 13.2 Å². The third-order valence-corrected chi connectivity index (χ3v) is 3.45. The fourth-order valence-electron chi connectivity index (χ4n) is 2.40. The Balaban J connectivity index is 1.62. The minimum Gasteiger partial charge on any atom is -0.481 e. The molecular weight excluding hydrogens is 302 g/mol. The number of aromatic nitrogens is 3. The zero-order chi connectivity index (χ0) is 16.2. The summed E-state index contributed by atoms with van der Waals surface area (Å²) < 4.78 is 15.6. The van der Waals surface area contributed by atoms with Crippen LogP contribution < -0.4 is 15.4 Å². The smallest absolute Gasteiger partial charge is 0.329 e. The van der Waals surface area contributed by atoms with Crippen molar-refractivity contribution in [3.63, 3.8) is 0 Å². The van der Waals surface area contributed by atoms with E-state index in [4.69, 9.17) is 14.0 Å². The Labute approximate surface area is 132 Å². The minimum atomic E-state index is -0.421. The molecule has 2 aromatic heterocycles. The largest absolute Gasteiger partial charge is 0.481 e. The van der Waals surface area contributed by atoms with Crippen molar-refractivity contribution in [1.29, 1.82) is 0 Å². The van der Waals surface area contributed by atoms with E-state index >= 15 is 0 Å². The lowest BCUT2D eigenvalue weighted by atomic mass is 10.0. The van der Waals surface area contributed by atoms with E-state index in [0.29, 0.717) is 24.7 Å². The van der Waals surface area contributed by atoms with Crippen molar-refractivity contribution in [3.8, 4) is 5.88 Å². The van der Waals surface area contributed by atoms with Crippen LogP contribution in [0.15, 0.2) is 22.9 Å². The summed E-state index contributed by atoms with van der Waals surface area (Å²) in [5.41, 5.74) is 0.877. The molecule has 23 heavy (non-hydrogen) atoms. The fourth-order valence-corrected chi connectivity index (χ4v) is 2.40. The number of nitrogens with zero attached hydrogens (tertiary/aromatic N) is 3. The topological polar surface area (TPSA) is 111 Å². The Morgan fingerprint density at radius 1 is 1.43 bits per heavy atom. The van der Waals surface area contributed by atoms with Crippen LogP contribution in [0.4, 0.5) is 10.8 Å². The van der Waals surface area contributed by atoms with E-state index in [1.54, 1.807) is 26.3 Å². The molecule has 0 aliphatic carbocycles. The summed E-state index contributed by atoms with van der Waals surface area (Å²) in [7, 11) is 1.56. The van der Waals surface area contributed by atoms with Gasteiger partial charge in [-0.15, -0.1) is 0 Å². The van der Waals surface area contributed by atoms with Gasteiger partial charge < -0.3 is 19.3 Å². The van der Waals surface area contributed by atoms with Crippen molar-refractivity contribution in [2.24, 2.45) is 0 Å². The van der Waals surface area contributed by atoms with Crippen LogP contribution in [0.3, 0.4) is 0 Å². The molecular formula is C14H17N5O4. The molecule has 1 fully saturated rings. The second kappa shape index (κ2) is 6.61. The van der Waals surface area contributed by atoms with Gasteiger partial charge in [-0.25, -0.2) is 9.78 Å². The zero-order valence-electron chi connectivity index (χ0n) is 12.8. The second-order valence-electron chi connectivity index (χ2n) is 5.07. The molecule has 9 heteroatoms. The molecule has 3 heterocycles. The normalized spacial score (nSPS) is 20.3. The number of hydrogen-bond acceptors (Lipinski definition) is 7. The predicted octanol–water partition coefficient (Wildman–Crippen LogP) is 1.43. The lowest BCUT2D eigenvalue weighted by Crippen LogP contribution is -2.39. The Hall–Kier alpha value is -2.68. The van der Waals surface area contributed by atoms with E-state index < -0.39 is 6.03 Å². The lowest BCUT2D eigenvalue weighted by Gasteiger charge is -2.19. The first-order valence-electron chi connectivity index (χ1n) is 7.15. The number of pyridine rings is 1. The van der Waals surface area contributed by atoms with Crippen LogP contribution in [0.25, 0.3) is 0 Å². The van der Waals surface area contributed by atoms with Crippen LogP contribution in [0.2, 0.25) is 0 Å². The highest BCUT2D eigenvalue weighted by Crippen LogP contribution is 2.29. The molecule has 2 atom stereocenters. The van der Waals surface area contributed by atoms with Gasteiger partial charge in [0, 0.05) is 24.4 Å². The molecule has 122 valence electrons. The summed E-state index contributed by atoms with van der Waals surface area (Å²) in [5, 5.41) is 8.96. The van der Waals surface area contributed by atoms with E-state index in [2.05, 4.69) is 25.8 Å². The SMILES string of the molecule is COc1ccc([C@H]2OCC[C@@H]2NC(=O)Nc2nc(C)no2)cn1. The third kappa shape index (κ3) is 3.57. The maximum absolute atomic E-state index is 12.0. The highest BCUT2D eigenvalue weighted by molar-refractivity contribution is 5.87. The van der Waals surface area contributed by atoms with Crippen molar-refractivity contribution < 1.29 is 18.8 Å². The number of hydrogen-bond donors (Lipinski definition) is 2. The fraction of sp³-hybridized carbons (Fsp3) is 0.429. The van der Waals surface area contributed by atoms with E-state index in [9.17, 15) is 4.79 Å². The number of urea groups is 1. The number of carbonyl (C=O) groups excluding carboxylic acids is 1. The quantitative estimate of drug-likeness (QED) is 0.876. The molecule has 0 unspecified atom stereocenters. The van der Waals surface area contributed by atoms with Gasteiger partial charge >= 0.3 is 12.0 Å². The standard InChI is InChI=1S/C14H17N5O4/c1-8-16-14(23-19-8)18-13(20)17-10-5-6-22-12(10)9-3-4-11(21-2)15-7-9/h3-4,7,10,12H,5-6H2,1-2H3,(H2,16,17,18,19,20)/t10-,12+/m0/s1. The summed E-state index contributed by atoms with van der Waals surface area (Å²) in [6.45, 7) is 2.23. The van der Waals surface area contributed by atoms with Crippen molar-refractivity contribution in [1.82, 2.24) is 20.4 Å². The van der Waals surface area contributed by atoms with E-state index in [1.807, 2.05) is 6.07 Å². The van der Waals surface area contributed by atoms with E-state index in [1.165, 1.54) is 0 Å². The van der Waals surface area contributed by atoms with Gasteiger partial charge in [0.1, 0.15) is 6.10 Å². The van der Waals surface area contributed by atoms with Crippen LogP contribution in [-0.4, -0.2) is 40.9 Å². The number of anilines is 1. The third-order valence-electron chi connectivity index (χ3n) is 3.45. The number of aryl methyl sites for hydroxylation is 1. The number of rotatable bonds is 4. The van der Waals surface area contributed by atoms with Gasteiger partial charge in [-0.05, 0) is 19.4 Å². The highest BCUT2D eigenvalue weighted by Gasteiger charge is 2.31. The lowest BCUT2D eigenvalue weighted by molar-refractivity contribution is 0.100. The summed E-state index contributed by atoms with van der Waals surface area (Å²) in [6.07, 6.45) is 2.12. The summed E-state index contributed by atoms with van der Waals surface area (Å²) in [5.74, 6) is 0.979. The predicted molar refractivity (Wildman–Crippen MR) is 79.1 cm³/mol. The Bertz CT molecular complexity index is 672. The van der Waals surface area contributed by atoms with Crippen molar-refractivity contribution in [2.45, 2.75) is 25.5 Å². The maximum Gasteiger partial charge on any atom is 0.329 e. The van der Waals surface area contributed by atoms with Crippen LogP contribution in [0.5, 0.6) is 5.88 Å². The van der Waals surface area contributed by atoms with Crippen LogP contribution in [-0.2, 0) is 4.74 Å². The molecule has 0 spiro atoms. The molecule has 1 aliphatic rings. The minimum absolute atomic E-state index is 0.0570. The summed E-state index contributed by atoms with van der Waals surface area (Å²) in [6, 6.07) is 3.09. The molecule has 3 rings (SSSR count). The molecule has 0 saturated carbocycles. The van der Waals surface area contributed by atoms with Gasteiger partial charge in [-0.2, -0.15) is 4.98 Å². The second-order valence-corrected chi connectivity index (χ2v) is 5.07. The Kier molecular flexibility index (Phi) is 4.38. The van der Waals surface area contributed by atoms with Crippen LogP contribution in [0, 0.1) is 6.92 Å². The van der Waals surface area contributed by atoms with Crippen molar-refractivity contribution in [3.05, 3.63) is 29.7 Å². The molecule has 2 N–H and O–H groups in total. The van der Waals surface area contributed by atoms with Crippen LogP contribution in [0.1, 0.15) is 23.9 Å². The van der Waals surface area contributed by atoms with Gasteiger partial charge in [-0.1, -0.05) is 5.16 Å². The number of ether oxygens (including phenoxy) is 2. The molecule has 1 aliphatic heterocycles. The van der Waals surface area contributed by atoms with Crippen LogP contribution >= 0.6 is 0 Å². The van der Waals surface area contributed by atoms with Crippen molar-refractivity contribution >= 4 is 12.0 Å². The first-order chi connectivity index (χ1) is 11.2. The van der Waals surface area contributed by atoms with Gasteiger partial charge in [0.15, 0.2) is 5.82 Å². The first kappa shape index (κ1) is 15.2. The monoisotopic (exact) mass is 319 g/mol. The van der Waals surface area contributed by atoms with E-state index in [0.717, 1.165) is 5.56 Å². The van der Waals surface area contributed by atoms with Gasteiger partial charge in [0.25, 0.3) is 0 Å². The average molecular weight is 319 g/mol. The Morgan fingerprint density at radius 3 is 2.96 bits per heavy atom. The van der Waals surface area contributed by atoms with Crippen molar-refractivity contribution in [2.75, 3.05) is 19.0 Å². The van der Waals surface area contributed by atoms with Gasteiger partial charge in [0.2, 0.25) is 5.88 Å². The Morgan fingerprint density at radius 2 is 2.30 bits per heavy atom. The van der Waals surface area contributed by atoms with Gasteiger partial charge in [-0.3, -0.25) is 5.32 Å². The summed E-state index contributed by atoms with van der Waals surface area (Å²) in [4.78, 5) is 20.1. The average Bonchev–Trinajstić information content (AvgIpc) is 3.16. The molecule has 0 bridgehead atoms. The number of nitrogens with one attached hydrogen (secondary N) is 2. The molecule has 0 radical (unpaired) electrons.